The summed E-state index contributed by atoms with van der Waals surface area (Å²) in [6, 6.07) is 6.27. The van der Waals surface area contributed by atoms with Gasteiger partial charge in [0, 0.05) is 31.4 Å². The maximum Gasteiger partial charge on any atom is 0.224 e. The Kier molecular flexibility index (Phi) is 5.81. The minimum atomic E-state index is -0.394. The minimum absolute atomic E-state index is 0.119. The molecule has 0 aliphatic carbocycles. The number of carbonyl (C=O) groups is 1. The van der Waals surface area contributed by atoms with Crippen molar-refractivity contribution in [3.63, 3.8) is 0 Å². The molecule has 1 aromatic heterocycles. The summed E-state index contributed by atoms with van der Waals surface area (Å²) in [7, 11) is 0. The van der Waals surface area contributed by atoms with Crippen LogP contribution in [0.15, 0.2) is 30.5 Å². The number of para-hydroxylation sites is 1. The number of hydrogen-bond acceptors (Lipinski definition) is 3. The Hall–Kier alpha value is -2.21. The van der Waals surface area contributed by atoms with E-state index in [4.69, 9.17) is 0 Å². The topological polar surface area (TPSA) is 61.0 Å². The number of carbonyl (C=O) groups excluding carboxylic acids is 1. The number of rotatable bonds is 6. The Bertz CT molecular complexity index is 715. The molecule has 1 atom stereocenters. The van der Waals surface area contributed by atoms with Crippen molar-refractivity contribution in [2.24, 2.45) is 5.92 Å². The molecule has 1 aliphatic heterocycles. The molecule has 1 aromatic carbocycles. The molecule has 0 saturated carbocycles. The predicted octanol–water partition coefficient (Wildman–Crippen LogP) is 3.49. The first-order valence-corrected chi connectivity index (χ1v) is 8.87. The number of hydrogen-bond donors (Lipinski definition) is 2. The van der Waals surface area contributed by atoms with E-state index in [2.05, 4.69) is 20.2 Å². The van der Waals surface area contributed by atoms with Crippen LogP contribution in [0.25, 0.3) is 0 Å². The lowest BCUT2D eigenvalue weighted by molar-refractivity contribution is -0.116. The van der Waals surface area contributed by atoms with E-state index in [0.717, 1.165) is 50.4 Å². The van der Waals surface area contributed by atoms with Crippen LogP contribution < -0.4 is 5.32 Å². The first-order valence-electron chi connectivity index (χ1n) is 8.87. The number of aryl methyl sites for hydroxylation is 1. The van der Waals surface area contributed by atoms with Crippen LogP contribution in [0.2, 0.25) is 0 Å². The van der Waals surface area contributed by atoms with Crippen LogP contribution in [0.1, 0.15) is 37.2 Å². The fourth-order valence-electron chi connectivity index (χ4n) is 3.43. The molecule has 134 valence electrons. The first-order chi connectivity index (χ1) is 12.1. The van der Waals surface area contributed by atoms with E-state index in [1.165, 1.54) is 6.07 Å². The quantitative estimate of drug-likeness (QED) is 0.843. The van der Waals surface area contributed by atoms with Gasteiger partial charge in [0.1, 0.15) is 11.6 Å². The van der Waals surface area contributed by atoms with Crippen molar-refractivity contribution in [2.45, 2.75) is 39.2 Å². The Labute approximate surface area is 147 Å². The lowest BCUT2D eigenvalue weighted by Crippen LogP contribution is -2.35. The maximum absolute atomic E-state index is 13.6. The molecule has 1 unspecified atom stereocenters. The number of nitrogens with one attached hydrogen (secondary N) is 2. The minimum Gasteiger partial charge on any atom is -0.345 e. The number of halogens is 1. The van der Waals surface area contributed by atoms with Crippen LogP contribution in [-0.2, 0) is 11.3 Å². The van der Waals surface area contributed by atoms with E-state index >= 15 is 0 Å². The summed E-state index contributed by atoms with van der Waals surface area (Å²) in [5, 5.41) is 2.66. The molecule has 25 heavy (non-hydrogen) atoms. The molecule has 0 bridgehead atoms. The van der Waals surface area contributed by atoms with Crippen molar-refractivity contribution in [3.8, 4) is 0 Å². The van der Waals surface area contributed by atoms with Gasteiger partial charge in [-0.2, -0.15) is 0 Å². The van der Waals surface area contributed by atoms with Crippen molar-refractivity contribution in [2.75, 3.05) is 18.4 Å². The predicted molar refractivity (Wildman–Crippen MR) is 95.6 cm³/mol. The van der Waals surface area contributed by atoms with Gasteiger partial charge in [-0.15, -0.1) is 0 Å². The average Bonchev–Trinajstić information content (AvgIpc) is 3.00. The summed E-state index contributed by atoms with van der Waals surface area (Å²) in [4.78, 5) is 22.0. The molecule has 1 aliphatic rings. The maximum atomic E-state index is 13.6. The fraction of sp³-hybridized carbons (Fsp3) is 0.474. The van der Waals surface area contributed by atoms with Crippen molar-refractivity contribution >= 4 is 11.6 Å². The number of likely N-dealkylation sites (tertiary alicyclic amines) is 1. The van der Waals surface area contributed by atoms with Crippen LogP contribution in [0.3, 0.4) is 0 Å². The Morgan fingerprint density at radius 2 is 2.28 bits per heavy atom. The molecule has 2 aromatic rings. The average molecular weight is 344 g/mol. The highest BCUT2D eigenvalue weighted by Crippen LogP contribution is 2.23. The second-order valence-corrected chi connectivity index (χ2v) is 6.80. The van der Waals surface area contributed by atoms with Crippen molar-refractivity contribution in [1.29, 1.82) is 0 Å². The van der Waals surface area contributed by atoms with Gasteiger partial charge in [0.25, 0.3) is 0 Å². The van der Waals surface area contributed by atoms with Crippen LogP contribution in [0.5, 0.6) is 0 Å². The monoisotopic (exact) mass is 344 g/mol. The lowest BCUT2D eigenvalue weighted by atomic mass is 9.93. The van der Waals surface area contributed by atoms with Gasteiger partial charge in [0.2, 0.25) is 5.91 Å². The van der Waals surface area contributed by atoms with Gasteiger partial charge in [-0.25, -0.2) is 9.37 Å². The summed E-state index contributed by atoms with van der Waals surface area (Å²) in [6.45, 7) is 4.90. The number of aromatic nitrogens is 2. The highest BCUT2D eigenvalue weighted by atomic mass is 19.1. The molecule has 2 heterocycles. The van der Waals surface area contributed by atoms with E-state index in [1.54, 1.807) is 18.2 Å². The summed E-state index contributed by atoms with van der Waals surface area (Å²) in [5.74, 6) is 0.929. The van der Waals surface area contributed by atoms with E-state index in [9.17, 15) is 9.18 Å². The van der Waals surface area contributed by atoms with Gasteiger partial charge < -0.3 is 10.3 Å². The first kappa shape index (κ1) is 17.6. The van der Waals surface area contributed by atoms with E-state index in [-0.39, 0.29) is 11.6 Å². The third-order valence-electron chi connectivity index (χ3n) is 4.68. The van der Waals surface area contributed by atoms with E-state index < -0.39 is 5.82 Å². The molecule has 1 saturated heterocycles. The number of anilines is 1. The number of aromatic amines is 1. The smallest absolute Gasteiger partial charge is 0.224 e. The zero-order chi connectivity index (χ0) is 17.6. The number of piperidine rings is 1. The van der Waals surface area contributed by atoms with Crippen molar-refractivity contribution < 1.29 is 9.18 Å². The van der Waals surface area contributed by atoms with Gasteiger partial charge >= 0.3 is 0 Å². The van der Waals surface area contributed by atoms with Crippen molar-refractivity contribution in [1.82, 2.24) is 14.9 Å². The number of amides is 1. The summed E-state index contributed by atoms with van der Waals surface area (Å²) in [6.07, 6.45) is 5.44. The van der Waals surface area contributed by atoms with Crippen LogP contribution >= 0.6 is 0 Å². The standard InChI is InChI=1S/C19H25FN4O/c1-14-21-11-16(22-14)13-24-10-4-5-15(12-24)8-9-19(25)23-18-7-3-2-6-17(18)20/h2-3,6-7,11,15H,4-5,8-10,12-13H2,1H3,(H,21,22)(H,23,25). The number of benzene rings is 1. The van der Waals surface area contributed by atoms with Crippen LogP contribution in [0, 0.1) is 18.7 Å². The summed E-state index contributed by atoms with van der Waals surface area (Å²) >= 11 is 0. The summed E-state index contributed by atoms with van der Waals surface area (Å²) in [5.41, 5.74) is 1.39. The molecular weight excluding hydrogens is 319 g/mol. The second kappa shape index (κ2) is 8.25. The largest absolute Gasteiger partial charge is 0.345 e. The molecule has 1 amide bonds. The lowest BCUT2D eigenvalue weighted by Gasteiger charge is -2.32. The van der Waals surface area contributed by atoms with Gasteiger partial charge in [-0.3, -0.25) is 9.69 Å². The Morgan fingerprint density at radius 1 is 1.44 bits per heavy atom. The third kappa shape index (κ3) is 5.13. The molecule has 3 rings (SSSR count). The van der Waals surface area contributed by atoms with Crippen LogP contribution in [-0.4, -0.2) is 33.9 Å². The second-order valence-electron chi connectivity index (χ2n) is 6.80. The van der Waals surface area contributed by atoms with Gasteiger partial charge in [-0.1, -0.05) is 12.1 Å². The normalized spacial score (nSPS) is 18.2. The SMILES string of the molecule is Cc1ncc(CN2CCCC(CCC(=O)Nc3ccccc3F)C2)[nH]1. The van der Waals surface area contributed by atoms with Gasteiger partial charge in [0.15, 0.2) is 0 Å². The molecule has 2 N–H and O–H groups in total. The Morgan fingerprint density at radius 3 is 3.04 bits per heavy atom. The highest BCUT2D eigenvalue weighted by Gasteiger charge is 2.21. The Balaban J connectivity index is 1.44. The molecule has 0 spiro atoms. The molecule has 6 heteroatoms. The van der Waals surface area contributed by atoms with E-state index in [1.807, 2.05) is 13.1 Å². The third-order valence-corrected chi connectivity index (χ3v) is 4.68. The summed E-state index contributed by atoms with van der Waals surface area (Å²) < 4.78 is 13.6. The molecule has 1 fully saturated rings. The van der Waals surface area contributed by atoms with Crippen LogP contribution in [0.4, 0.5) is 10.1 Å². The van der Waals surface area contributed by atoms with Crippen molar-refractivity contribution in [3.05, 3.63) is 47.8 Å². The zero-order valence-corrected chi connectivity index (χ0v) is 14.6. The number of nitrogens with zero attached hydrogens (tertiary/aromatic N) is 2. The highest BCUT2D eigenvalue weighted by molar-refractivity contribution is 5.90. The van der Waals surface area contributed by atoms with Gasteiger partial charge in [0.05, 0.1) is 5.69 Å². The fourth-order valence-corrected chi connectivity index (χ4v) is 3.43. The number of imidazole rings is 1. The molecular formula is C19H25FN4O. The molecule has 0 radical (unpaired) electrons. The van der Waals surface area contributed by atoms with Gasteiger partial charge in [-0.05, 0) is 50.8 Å². The molecule has 5 nitrogen and oxygen atoms in total. The van der Waals surface area contributed by atoms with E-state index in [0.29, 0.717) is 12.3 Å². The zero-order valence-electron chi connectivity index (χ0n) is 14.6. The number of H-pyrrole nitrogens is 1.